The first-order valence-corrected chi connectivity index (χ1v) is 7.53. The van der Waals surface area contributed by atoms with Gasteiger partial charge in [-0.2, -0.15) is 0 Å². The average molecular weight is 306 g/mol. The molecule has 0 aromatic rings. The van der Waals surface area contributed by atoms with Gasteiger partial charge >= 0.3 is 11.9 Å². The summed E-state index contributed by atoms with van der Waals surface area (Å²) in [4.78, 5) is 33.9. The molecule has 0 saturated carbocycles. The number of nitrogens with two attached hydrogens (primary N) is 1. The van der Waals surface area contributed by atoms with Gasteiger partial charge in [-0.3, -0.25) is 9.59 Å². The highest BCUT2D eigenvalue weighted by Gasteiger charge is 2.25. The zero-order chi connectivity index (χ0) is 15.5. The minimum Gasteiger partial charge on any atom is -0.481 e. The molecule has 8 heteroatoms. The summed E-state index contributed by atoms with van der Waals surface area (Å²) in [6.45, 7) is 3.86. The minimum atomic E-state index is -1.02. The molecule has 0 aliphatic heterocycles. The molecule has 0 bridgehead atoms. The molecule has 4 N–H and O–H groups in total. The number of aliphatic carboxylic acids is 1. The highest BCUT2D eigenvalue weighted by molar-refractivity contribution is 8.00. The lowest BCUT2D eigenvalue weighted by atomic mass is 10.1. The molecule has 0 radical (unpaired) electrons. The number of carbonyl (C=O) groups is 3. The number of esters is 1. The summed E-state index contributed by atoms with van der Waals surface area (Å²) in [5.74, 6) is -1.40. The predicted molar refractivity (Wildman–Crippen MR) is 76.2 cm³/mol. The molecule has 0 aliphatic rings. The molecule has 0 aromatic heterocycles. The van der Waals surface area contributed by atoms with E-state index in [1.165, 1.54) is 11.8 Å². The smallest absolute Gasteiger partial charge is 0.339 e. The number of carboxylic acids is 1. The molecule has 0 fully saturated rings. The van der Waals surface area contributed by atoms with E-state index in [4.69, 9.17) is 15.6 Å². The SMILES string of the molecule is CCCSC(NC(=O)[C@@H](N)CCC(=O)O)C(=O)OCC. The van der Waals surface area contributed by atoms with E-state index in [2.05, 4.69) is 5.32 Å². The highest BCUT2D eigenvalue weighted by Crippen LogP contribution is 2.12. The molecule has 0 aromatic carbocycles. The van der Waals surface area contributed by atoms with Crippen LogP contribution in [-0.4, -0.2) is 46.7 Å². The Kier molecular flexibility index (Phi) is 9.83. The Bertz CT molecular complexity index is 338. The number of carbonyl (C=O) groups excluding carboxylic acids is 2. The second-order valence-corrected chi connectivity index (χ2v) is 5.26. The zero-order valence-corrected chi connectivity index (χ0v) is 12.6. The number of amides is 1. The van der Waals surface area contributed by atoms with Crippen molar-refractivity contribution in [2.24, 2.45) is 5.73 Å². The van der Waals surface area contributed by atoms with Crippen molar-refractivity contribution in [2.75, 3.05) is 12.4 Å². The molecule has 1 unspecified atom stereocenters. The van der Waals surface area contributed by atoms with Gasteiger partial charge in [-0.1, -0.05) is 6.92 Å². The summed E-state index contributed by atoms with van der Waals surface area (Å²) in [6, 6.07) is -0.953. The Balaban J connectivity index is 4.42. The van der Waals surface area contributed by atoms with Crippen LogP contribution in [0.3, 0.4) is 0 Å². The lowest BCUT2D eigenvalue weighted by Gasteiger charge is -2.18. The first-order valence-electron chi connectivity index (χ1n) is 6.48. The molecule has 20 heavy (non-hydrogen) atoms. The number of nitrogens with one attached hydrogen (secondary N) is 1. The van der Waals surface area contributed by atoms with Crippen LogP contribution in [0.25, 0.3) is 0 Å². The van der Waals surface area contributed by atoms with E-state index >= 15 is 0 Å². The van der Waals surface area contributed by atoms with Gasteiger partial charge in [0.1, 0.15) is 0 Å². The van der Waals surface area contributed by atoms with E-state index < -0.39 is 29.3 Å². The quantitative estimate of drug-likeness (QED) is 0.393. The fraction of sp³-hybridized carbons (Fsp3) is 0.750. The average Bonchev–Trinajstić information content (AvgIpc) is 2.40. The standard InChI is InChI=1S/C12H22N2O5S/c1-3-7-20-11(12(18)19-4-2)14-10(17)8(13)5-6-9(15)16/h8,11H,3-7,13H2,1-2H3,(H,14,17)(H,15,16)/t8-,11?/m0/s1. The fourth-order valence-corrected chi connectivity index (χ4v) is 2.14. The number of hydrogen-bond acceptors (Lipinski definition) is 6. The summed E-state index contributed by atoms with van der Waals surface area (Å²) in [5.41, 5.74) is 5.58. The van der Waals surface area contributed by atoms with Crippen LogP contribution in [-0.2, 0) is 19.1 Å². The summed E-state index contributed by atoms with van der Waals surface area (Å²) < 4.78 is 4.87. The molecule has 1 amide bonds. The van der Waals surface area contributed by atoms with Crippen molar-refractivity contribution in [1.29, 1.82) is 0 Å². The maximum Gasteiger partial charge on any atom is 0.339 e. The van der Waals surface area contributed by atoms with Crippen molar-refractivity contribution >= 4 is 29.6 Å². The monoisotopic (exact) mass is 306 g/mol. The van der Waals surface area contributed by atoms with E-state index in [0.29, 0.717) is 5.75 Å². The van der Waals surface area contributed by atoms with Crippen LogP contribution in [0.4, 0.5) is 0 Å². The molecular weight excluding hydrogens is 284 g/mol. The molecule has 7 nitrogen and oxygen atoms in total. The van der Waals surface area contributed by atoms with E-state index in [9.17, 15) is 14.4 Å². The predicted octanol–water partition coefficient (Wildman–Crippen LogP) is 0.327. The molecular formula is C12H22N2O5S. The molecule has 0 aliphatic carbocycles. The van der Waals surface area contributed by atoms with Gasteiger partial charge in [-0.05, 0) is 25.5 Å². The van der Waals surface area contributed by atoms with Gasteiger partial charge in [0.15, 0.2) is 5.37 Å². The maximum atomic E-state index is 11.8. The summed E-state index contributed by atoms with van der Waals surface area (Å²) in [5, 5.41) is 10.2. The molecule has 0 rings (SSSR count). The number of ether oxygens (including phenoxy) is 1. The van der Waals surface area contributed by atoms with E-state index in [-0.39, 0.29) is 19.4 Å². The Morgan fingerprint density at radius 1 is 1.35 bits per heavy atom. The molecule has 0 heterocycles. The van der Waals surface area contributed by atoms with Crippen LogP contribution in [0.2, 0.25) is 0 Å². The van der Waals surface area contributed by atoms with Crippen molar-refractivity contribution in [3.8, 4) is 0 Å². The first-order chi connectivity index (χ1) is 9.42. The van der Waals surface area contributed by atoms with Crippen LogP contribution in [0.5, 0.6) is 0 Å². The highest BCUT2D eigenvalue weighted by atomic mass is 32.2. The van der Waals surface area contributed by atoms with E-state index in [1.807, 2.05) is 6.92 Å². The summed E-state index contributed by atoms with van der Waals surface area (Å²) in [6.07, 6.45) is 0.678. The van der Waals surface area contributed by atoms with Crippen LogP contribution < -0.4 is 11.1 Å². The van der Waals surface area contributed by atoms with E-state index in [0.717, 1.165) is 6.42 Å². The van der Waals surface area contributed by atoms with Crippen LogP contribution in [0, 0.1) is 0 Å². The second-order valence-electron chi connectivity index (χ2n) is 4.05. The molecule has 0 saturated heterocycles. The topological polar surface area (TPSA) is 119 Å². The third-order valence-corrected chi connectivity index (χ3v) is 3.56. The third-order valence-electron chi connectivity index (χ3n) is 2.27. The fourth-order valence-electron chi connectivity index (χ4n) is 1.27. The van der Waals surface area contributed by atoms with Gasteiger partial charge in [0.2, 0.25) is 5.91 Å². The normalized spacial score (nSPS) is 13.3. The lowest BCUT2D eigenvalue weighted by molar-refractivity contribution is -0.145. The summed E-state index contributed by atoms with van der Waals surface area (Å²) in [7, 11) is 0. The van der Waals surface area contributed by atoms with Crippen molar-refractivity contribution in [1.82, 2.24) is 5.32 Å². The Morgan fingerprint density at radius 3 is 2.50 bits per heavy atom. The third kappa shape index (κ3) is 8.00. The molecule has 0 spiro atoms. The summed E-state index contributed by atoms with van der Waals surface area (Å²) >= 11 is 1.26. The van der Waals surface area contributed by atoms with Crippen molar-refractivity contribution in [3.63, 3.8) is 0 Å². The van der Waals surface area contributed by atoms with Crippen molar-refractivity contribution in [2.45, 2.75) is 44.5 Å². The van der Waals surface area contributed by atoms with Gasteiger partial charge < -0.3 is 20.9 Å². The van der Waals surface area contributed by atoms with Gasteiger partial charge in [0.05, 0.1) is 12.6 Å². The number of hydrogen-bond donors (Lipinski definition) is 3. The zero-order valence-electron chi connectivity index (χ0n) is 11.8. The Labute approximate surface area is 122 Å². The largest absolute Gasteiger partial charge is 0.481 e. The lowest BCUT2D eigenvalue weighted by Crippen LogP contribution is -2.47. The number of carboxylic acid groups (broad SMARTS) is 1. The minimum absolute atomic E-state index is 0.0230. The maximum absolute atomic E-state index is 11.8. The molecule has 116 valence electrons. The van der Waals surface area contributed by atoms with Crippen LogP contribution in [0.1, 0.15) is 33.1 Å². The van der Waals surface area contributed by atoms with Crippen LogP contribution in [0.15, 0.2) is 0 Å². The van der Waals surface area contributed by atoms with Crippen molar-refractivity contribution < 1.29 is 24.2 Å². The van der Waals surface area contributed by atoms with Gasteiger partial charge in [0, 0.05) is 6.42 Å². The Morgan fingerprint density at radius 2 is 2.00 bits per heavy atom. The molecule has 2 atom stereocenters. The number of rotatable bonds is 10. The van der Waals surface area contributed by atoms with Crippen LogP contribution >= 0.6 is 11.8 Å². The van der Waals surface area contributed by atoms with Gasteiger partial charge in [0.25, 0.3) is 0 Å². The number of thioether (sulfide) groups is 1. The Hall–Kier alpha value is -1.28. The van der Waals surface area contributed by atoms with Gasteiger partial charge in [-0.25, -0.2) is 4.79 Å². The first kappa shape index (κ1) is 18.7. The van der Waals surface area contributed by atoms with Gasteiger partial charge in [-0.15, -0.1) is 11.8 Å². The van der Waals surface area contributed by atoms with E-state index in [1.54, 1.807) is 6.92 Å². The van der Waals surface area contributed by atoms with Crippen molar-refractivity contribution in [3.05, 3.63) is 0 Å². The second kappa shape index (κ2) is 10.5.